The van der Waals surface area contributed by atoms with Crippen LogP contribution >= 0.6 is 0 Å². The maximum atomic E-state index is 11.8. The number of nitrogens with two attached hydrogens (primary N) is 1. The van der Waals surface area contributed by atoms with Gasteiger partial charge in [-0.1, -0.05) is 20.3 Å². The van der Waals surface area contributed by atoms with Gasteiger partial charge < -0.3 is 16.2 Å². The summed E-state index contributed by atoms with van der Waals surface area (Å²) in [5.74, 6) is -0.236. The van der Waals surface area contributed by atoms with Crippen LogP contribution in [0.2, 0.25) is 0 Å². The fourth-order valence-corrected chi connectivity index (χ4v) is 1.69. The Morgan fingerprint density at radius 3 is 2.50 bits per heavy atom. The van der Waals surface area contributed by atoms with E-state index < -0.39 is 11.6 Å². The molecule has 0 fully saturated rings. The number of ketones is 1. The van der Waals surface area contributed by atoms with Crippen LogP contribution in [0, 0.1) is 0 Å². The Kier molecular flexibility index (Phi) is 8.40. The summed E-state index contributed by atoms with van der Waals surface area (Å²) in [4.78, 5) is 11.8. The average Bonchev–Trinajstić information content (AvgIpc) is 2.36. The number of Topliss-reactive ketones (excluding diaryl/α,β-unsaturated/α-hetero) is 1. The van der Waals surface area contributed by atoms with E-state index in [1.165, 1.54) is 0 Å². The predicted octanol–water partition coefficient (Wildman–Crippen LogP) is 1.60. The molecule has 3 atom stereocenters. The van der Waals surface area contributed by atoms with E-state index in [0.29, 0.717) is 18.9 Å². The molecule has 0 radical (unpaired) electrons. The van der Waals surface area contributed by atoms with Gasteiger partial charge in [-0.15, -0.1) is 0 Å². The fourth-order valence-electron chi connectivity index (χ4n) is 1.69. The molecule has 0 aliphatic heterocycles. The third-order valence-corrected chi connectivity index (χ3v) is 3.60. The summed E-state index contributed by atoms with van der Waals surface area (Å²) < 4.78 is 0. The summed E-state index contributed by atoms with van der Waals surface area (Å²) in [7, 11) is 0. The van der Waals surface area contributed by atoms with Crippen molar-refractivity contribution in [3.05, 3.63) is 0 Å². The van der Waals surface area contributed by atoms with Gasteiger partial charge in [0.15, 0.2) is 5.78 Å². The van der Waals surface area contributed by atoms with Crippen molar-refractivity contribution in [3.8, 4) is 0 Å². The van der Waals surface area contributed by atoms with Gasteiger partial charge in [0, 0.05) is 6.04 Å². The highest BCUT2D eigenvalue weighted by atomic mass is 16.3. The Bertz CT molecular complexity index is 242. The molecule has 0 amide bonds. The van der Waals surface area contributed by atoms with Crippen LogP contribution in [-0.4, -0.2) is 35.1 Å². The molecule has 0 bridgehead atoms. The lowest BCUT2D eigenvalue weighted by atomic mass is 9.90. The van der Waals surface area contributed by atoms with Crippen LogP contribution in [0.25, 0.3) is 0 Å². The van der Waals surface area contributed by atoms with Gasteiger partial charge in [0.05, 0.1) is 6.04 Å². The molecule has 0 aromatic heterocycles. The van der Waals surface area contributed by atoms with Crippen LogP contribution in [-0.2, 0) is 4.79 Å². The van der Waals surface area contributed by atoms with Gasteiger partial charge in [-0.3, -0.25) is 4.79 Å². The van der Waals surface area contributed by atoms with E-state index in [0.717, 1.165) is 25.8 Å². The number of rotatable bonds is 10. The molecule has 0 aliphatic carbocycles. The second kappa shape index (κ2) is 8.62. The highest BCUT2D eigenvalue weighted by Crippen LogP contribution is 2.14. The molecular formula is C14H30N2O2. The Labute approximate surface area is 111 Å². The molecule has 18 heavy (non-hydrogen) atoms. The zero-order valence-electron chi connectivity index (χ0n) is 12.3. The van der Waals surface area contributed by atoms with Gasteiger partial charge in [-0.2, -0.15) is 0 Å². The third-order valence-electron chi connectivity index (χ3n) is 3.60. The van der Waals surface area contributed by atoms with Crippen molar-refractivity contribution >= 4 is 5.78 Å². The SMILES string of the molecule is CCC(C)NCCCCC(N)C(=O)C(C)(O)CC. The first kappa shape index (κ1) is 17.6. The second-order valence-corrected chi connectivity index (χ2v) is 5.36. The Hall–Kier alpha value is -0.450. The molecule has 0 saturated heterocycles. The second-order valence-electron chi connectivity index (χ2n) is 5.36. The monoisotopic (exact) mass is 258 g/mol. The molecule has 4 N–H and O–H groups in total. The third kappa shape index (κ3) is 6.47. The number of hydrogen-bond donors (Lipinski definition) is 3. The number of carbonyl (C=O) groups excluding carboxylic acids is 1. The molecular weight excluding hydrogens is 228 g/mol. The molecule has 0 heterocycles. The number of aliphatic hydroxyl groups is 1. The van der Waals surface area contributed by atoms with Crippen LogP contribution in [0.5, 0.6) is 0 Å². The lowest BCUT2D eigenvalue weighted by Crippen LogP contribution is -2.46. The van der Waals surface area contributed by atoms with Crippen LogP contribution < -0.4 is 11.1 Å². The van der Waals surface area contributed by atoms with Crippen molar-refractivity contribution in [1.29, 1.82) is 0 Å². The lowest BCUT2D eigenvalue weighted by molar-refractivity contribution is -0.137. The van der Waals surface area contributed by atoms with Crippen LogP contribution in [0.1, 0.15) is 59.8 Å². The van der Waals surface area contributed by atoms with Crippen molar-refractivity contribution in [2.24, 2.45) is 5.73 Å². The van der Waals surface area contributed by atoms with Gasteiger partial charge in [0.2, 0.25) is 0 Å². The van der Waals surface area contributed by atoms with Crippen molar-refractivity contribution in [3.63, 3.8) is 0 Å². The minimum absolute atomic E-state index is 0.236. The molecule has 0 aromatic rings. The standard InChI is InChI=1S/C14H30N2O2/c1-5-11(3)16-10-8-7-9-12(15)13(17)14(4,18)6-2/h11-12,16,18H,5-10,15H2,1-4H3. The largest absolute Gasteiger partial charge is 0.382 e. The molecule has 0 saturated carbocycles. The van der Waals surface area contributed by atoms with E-state index in [1.54, 1.807) is 13.8 Å². The van der Waals surface area contributed by atoms with Gasteiger partial charge in [0.25, 0.3) is 0 Å². The Morgan fingerprint density at radius 2 is 2.00 bits per heavy atom. The van der Waals surface area contributed by atoms with Gasteiger partial charge in [-0.05, 0) is 46.1 Å². The van der Waals surface area contributed by atoms with E-state index in [-0.39, 0.29) is 5.78 Å². The molecule has 4 nitrogen and oxygen atoms in total. The van der Waals surface area contributed by atoms with Crippen molar-refractivity contribution in [2.75, 3.05) is 6.54 Å². The zero-order chi connectivity index (χ0) is 14.2. The number of unbranched alkanes of at least 4 members (excludes halogenated alkanes) is 1. The van der Waals surface area contributed by atoms with Crippen LogP contribution in [0.3, 0.4) is 0 Å². The quantitative estimate of drug-likeness (QED) is 0.520. The maximum Gasteiger partial charge on any atom is 0.180 e. The lowest BCUT2D eigenvalue weighted by Gasteiger charge is -2.23. The number of nitrogens with one attached hydrogen (secondary N) is 1. The fraction of sp³-hybridized carbons (Fsp3) is 0.929. The predicted molar refractivity (Wildman–Crippen MR) is 75.5 cm³/mol. The average molecular weight is 258 g/mol. The summed E-state index contributed by atoms with van der Waals surface area (Å²) in [5.41, 5.74) is 4.55. The molecule has 3 unspecified atom stereocenters. The van der Waals surface area contributed by atoms with E-state index in [1.807, 2.05) is 0 Å². The topological polar surface area (TPSA) is 75.3 Å². The van der Waals surface area contributed by atoms with E-state index >= 15 is 0 Å². The first-order chi connectivity index (χ1) is 8.35. The van der Waals surface area contributed by atoms with E-state index in [2.05, 4.69) is 19.2 Å². The Balaban J connectivity index is 3.77. The van der Waals surface area contributed by atoms with E-state index in [4.69, 9.17) is 5.73 Å². The first-order valence-electron chi connectivity index (χ1n) is 7.10. The maximum absolute atomic E-state index is 11.8. The molecule has 0 rings (SSSR count). The minimum atomic E-state index is -1.27. The van der Waals surface area contributed by atoms with Gasteiger partial charge in [0.1, 0.15) is 5.60 Å². The summed E-state index contributed by atoms with van der Waals surface area (Å²) in [6.07, 6.45) is 4.11. The normalized spacial score (nSPS) is 18.1. The molecule has 4 heteroatoms. The van der Waals surface area contributed by atoms with Gasteiger partial charge in [-0.25, -0.2) is 0 Å². The smallest absolute Gasteiger partial charge is 0.180 e. The number of hydrogen-bond acceptors (Lipinski definition) is 4. The highest BCUT2D eigenvalue weighted by molar-refractivity contribution is 5.91. The Morgan fingerprint density at radius 1 is 1.39 bits per heavy atom. The summed E-state index contributed by atoms with van der Waals surface area (Å²) in [6.45, 7) is 8.60. The molecule has 0 aliphatic rings. The van der Waals surface area contributed by atoms with Crippen molar-refractivity contribution in [1.82, 2.24) is 5.32 Å². The molecule has 108 valence electrons. The molecule has 0 aromatic carbocycles. The summed E-state index contributed by atoms with van der Waals surface area (Å²) >= 11 is 0. The van der Waals surface area contributed by atoms with Crippen molar-refractivity contribution in [2.45, 2.75) is 77.5 Å². The first-order valence-corrected chi connectivity index (χ1v) is 7.10. The zero-order valence-corrected chi connectivity index (χ0v) is 12.3. The van der Waals surface area contributed by atoms with Crippen molar-refractivity contribution < 1.29 is 9.90 Å². The van der Waals surface area contributed by atoms with Crippen LogP contribution in [0.4, 0.5) is 0 Å². The summed E-state index contributed by atoms with van der Waals surface area (Å²) in [5, 5.41) is 13.2. The highest BCUT2D eigenvalue weighted by Gasteiger charge is 2.31. The van der Waals surface area contributed by atoms with Gasteiger partial charge >= 0.3 is 0 Å². The van der Waals surface area contributed by atoms with Crippen LogP contribution in [0.15, 0.2) is 0 Å². The molecule has 0 spiro atoms. The minimum Gasteiger partial charge on any atom is -0.382 e. The number of carbonyl (C=O) groups is 1. The van der Waals surface area contributed by atoms with E-state index in [9.17, 15) is 9.90 Å². The summed E-state index contributed by atoms with van der Waals surface area (Å²) in [6, 6.07) is 0.00433.